The molecule has 0 aromatic carbocycles. The van der Waals surface area contributed by atoms with Crippen molar-refractivity contribution in [2.75, 3.05) is 67.1 Å². The molecule has 0 unspecified atom stereocenters. The van der Waals surface area contributed by atoms with Gasteiger partial charge in [-0.2, -0.15) is 0 Å². The Balaban J connectivity index is 2.10. The number of aliphatic imine (C=N–C) groups is 1. The molecule has 9 heteroatoms. The third kappa shape index (κ3) is 9.36. The van der Waals surface area contributed by atoms with Gasteiger partial charge < -0.3 is 24.3 Å². The van der Waals surface area contributed by atoms with Crippen LogP contribution in [0.25, 0.3) is 0 Å². The summed E-state index contributed by atoms with van der Waals surface area (Å²) in [5.41, 5.74) is 4.29. The van der Waals surface area contributed by atoms with Crippen LogP contribution in [0.2, 0.25) is 0 Å². The second kappa shape index (κ2) is 14.4. The van der Waals surface area contributed by atoms with Crippen LogP contribution in [0.3, 0.4) is 0 Å². The van der Waals surface area contributed by atoms with E-state index in [0.29, 0.717) is 44.8 Å². The Kier molecular flexibility index (Phi) is 11.9. The number of ether oxygens (including phenoxy) is 1. The molecule has 0 atom stereocenters. The van der Waals surface area contributed by atoms with Crippen LogP contribution in [0.15, 0.2) is 28.2 Å². The highest BCUT2D eigenvalue weighted by molar-refractivity contribution is 5.77. The van der Waals surface area contributed by atoms with Crippen molar-refractivity contribution in [1.82, 2.24) is 20.2 Å². The molecule has 2 rings (SSSR count). The van der Waals surface area contributed by atoms with E-state index >= 15 is 0 Å². The summed E-state index contributed by atoms with van der Waals surface area (Å²) in [6, 6.07) is 0.254. The number of carbonyl (C=O) groups is 1. The van der Waals surface area contributed by atoms with Crippen molar-refractivity contribution in [2.24, 2.45) is 4.99 Å². The third-order valence-electron chi connectivity index (χ3n) is 5.77. The number of nitrogens with one attached hydrogen (secondary N) is 1. The smallest absolute Gasteiger partial charge is 0.224 e. The molecule has 1 saturated carbocycles. The Morgan fingerprint density at radius 1 is 1.34 bits per heavy atom. The zero-order valence-electron chi connectivity index (χ0n) is 20.1. The second-order valence-corrected chi connectivity index (χ2v) is 8.44. The van der Waals surface area contributed by atoms with Crippen molar-refractivity contribution in [3.63, 3.8) is 0 Å². The SMILES string of the molecule is COCCN(C)CCC(=O)N(CC1=CN(CCCNOC)C=NCCC(F)=C1C)C1CC1. The number of amides is 1. The lowest BCUT2D eigenvalue weighted by Gasteiger charge is -2.27. The molecule has 1 aliphatic carbocycles. The van der Waals surface area contributed by atoms with Crippen LogP contribution in [-0.4, -0.2) is 100 Å². The van der Waals surface area contributed by atoms with Gasteiger partial charge in [-0.1, -0.05) is 0 Å². The molecule has 0 saturated heterocycles. The molecule has 1 heterocycles. The minimum atomic E-state index is -0.154. The molecule has 0 bridgehead atoms. The molecular formula is C23H40FN5O3. The Bertz CT molecular complexity index is 679. The van der Waals surface area contributed by atoms with Gasteiger partial charge in [-0.3, -0.25) is 9.79 Å². The average Bonchev–Trinajstić information content (AvgIpc) is 3.62. The number of halogens is 1. The fourth-order valence-electron chi connectivity index (χ4n) is 3.51. The van der Waals surface area contributed by atoms with E-state index in [9.17, 15) is 9.18 Å². The number of methoxy groups -OCH3 is 1. The van der Waals surface area contributed by atoms with E-state index in [1.165, 1.54) is 0 Å². The Morgan fingerprint density at radius 3 is 2.81 bits per heavy atom. The van der Waals surface area contributed by atoms with Crippen molar-refractivity contribution < 1.29 is 18.8 Å². The fourth-order valence-corrected chi connectivity index (χ4v) is 3.51. The van der Waals surface area contributed by atoms with Gasteiger partial charge in [-0.05, 0) is 44.4 Å². The first-order chi connectivity index (χ1) is 15.5. The molecule has 32 heavy (non-hydrogen) atoms. The van der Waals surface area contributed by atoms with Crippen molar-refractivity contribution in [2.45, 2.75) is 45.1 Å². The molecule has 2 aliphatic rings. The van der Waals surface area contributed by atoms with Gasteiger partial charge in [0.1, 0.15) is 5.83 Å². The highest BCUT2D eigenvalue weighted by atomic mass is 19.1. The van der Waals surface area contributed by atoms with Crippen molar-refractivity contribution in [3.05, 3.63) is 23.2 Å². The lowest BCUT2D eigenvalue weighted by Crippen LogP contribution is -2.37. The molecule has 0 aromatic heterocycles. The van der Waals surface area contributed by atoms with Gasteiger partial charge in [-0.15, -0.1) is 0 Å². The first-order valence-corrected chi connectivity index (χ1v) is 11.5. The molecule has 1 N–H and O–H groups in total. The van der Waals surface area contributed by atoms with E-state index in [2.05, 4.69) is 15.4 Å². The van der Waals surface area contributed by atoms with Crippen molar-refractivity contribution in [3.8, 4) is 0 Å². The molecule has 0 aromatic rings. The molecular weight excluding hydrogens is 413 g/mol. The standard InChI is InChI=1S/C23H40FN5O3/c1-19-20(16-28(12-5-10-26-32-4)18-25-11-8-22(19)24)17-29(21-6-7-21)23(30)9-13-27(2)14-15-31-3/h16,18,21,26H,5-15,17H2,1-4H3. The Labute approximate surface area is 192 Å². The largest absolute Gasteiger partial charge is 0.383 e. The summed E-state index contributed by atoms with van der Waals surface area (Å²) in [5.74, 6) is -0.0333. The van der Waals surface area contributed by atoms with E-state index in [-0.39, 0.29) is 24.2 Å². The number of hydroxylamine groups is 1. The summed E-state index contributed by atoms with van der Waals surface area (Å²) in [5, 5.41) is 0. The summed E-state index contributed by atoms with van der Waals surface area (Å²) in [6.07, 6.45) is 7.31. The van der Waals surface area contributed by atoms with Crippen LogP contribution in [0.4, 0.5) is 4.39 Å². The van der Waals surface area contributed by atoms with E-state index in [1.54, 1.807) is 20.6 Å². The maximum atomic E-state index is 14.8. The number of carbonyl (C=O) groups excluding carboxylic acids is 1. The Morgan fingerprint density at radius 2 is 2.12 bits per heavy atom. The highest BCUT2D eigenvalue weighted by Crippen LogP contribution is 2.30. The van der Waals surface area contributed by atoms with Crippen LogP contribution in [0.1, 0.15) is 39.0 Å². The predicted molar refractivity (Wildman–Crippen MR) is 125 cm³/mol. The number of hydrogen-bond donors (Lipinski definition) is 1. The van der Waals surface area contributed by atoms with Crippen LogP contribution < -0.4 is 5.48 Å². The quantitative estimate of drug-likeness (QED) is 0.322. The summed E-state index contributed by atoms with van der Waals surface area (Å²) in [4.78, 5) is 28.4. The first kappa shape index (κ1) is 26.4. The van der Waals surface area contributed by atoms with Gasteiger partial charge in [0.25, 0.3) is 0 Å². The minimum Gasteiger partial charge on any atom is -0.383 e. The highest BCUT2D eigenvalue weighted by Gasteiger charge is 2.33. The van der Waals surface area contributed by atoms with Gasteiger partial charge in [0.05, 0.1) is 20.1 Å². The summed E-state index contributed by atoms with van der Waals surface area (Å²) >= 11 is 0. The number of nitrogens with zero attached hydrogens (tertiary/aromatic N) is 4. The normalized spacial score (nSPS) is 17.3. The van der Waals surface area contributed by atoms with Crippen LogP contribution >= 0.6 is 0 Å². The van der Waals surface area contributed by atoms with E-state index < -0.39 is 0 Å². The fraction of sp³-hybridized carbons (Fsp3) is 0.739. The van der Waals surface area contributed by atoms with Gasteiger partial charge in [0.15, 0.2) is 0 Å². The Hall–Kier alpha value is -1.81. The number of rotatable bonds is 14. The van der Waals surface area contributed by atoms with Gasteiger partial charge >= 0.3 is 0 Å². The lowest BCUT2D eigenvalue weighted by molar-refractivity contribution is -0.131. The minimum absolute atomic E-state index is 0.121. The lowest BCUT2D eigenvalue weighted by atomic mass is 10.1. The van der Waals surface area contributed by atoms with Crippen molar-refractivity contribution >= 4 is 12.2 Å². The molecule has 1 aliphatic heterocycles. The van der Waals surface area contributed by atoms with Crippen LogP contribution in [0, 0.1) is 0 Å². The average molecular weight is 454 g/mol. The van der Waals surface area contributed by atoms with Gasteiger partial charge in [-0.25, -0.2) is 9.87 Å². The van der Waals surface area contributed by atoms with E-state index in [4.69, 9.17) is 9.57 Å². The maximum absolute atomic E-state index is 14.8. The molecule has 8 nitrogen and oxygen atoms in total. The van der Waals surface area contributed by atoms with Crippen LogP contribution in [0.5, 0.6) is 0 Å². The monoisotopic (exact) mass is 453 g/mol. The van der Waals surface area contributed by atoms with Gasteiger partial charge in [0, 0.05) is 71.5 Å². The molecule has 1 fully saturated rings. The molecule has 1 amide bonds. The number of likely N-dealkylation sites (N-methyl/N-ethyl adjacent to an activating group) is 1. The first-order valence-electron chi connectivity index (χ1n) is 11.5. The topological polar surface area (TPSA) is 69.6 Å². The van der Waals surface area contributed by atoms with E-state index in [0.717, 1.165) is 37.9 Å². The maximum Gasteiger partial charge on any atom is 0.224 e. The zero-order valence-corrected chi connectivity index (χ0v) is 20.1. The van der Waals surface area contributed by atoms with Crippen LogP contribution in [-0.2, 0) is 14.4 Å². The zero-order chi connectivity index (χ0) is 23.3. The summed E-state index contributed by atoms with van der Waals surface area (Å²) < 4.78 is 19.9. The number of hydrogen-bond acceptors (Lipinski definition) is 7. The van der Waals surface area contributed by atoms with E-state index in [1.807, 2.05) is 30.0 Å². The predicted octanol–water partition coefficient (Wildman–Crippen LogP) is 2.35. The molecule has 182 valence electrons. The van der Waals surface area contributed by atoms with Gasteiger partial charge in [0.2, 0.25) is 5.91 Å². The third-order valence-corrected chi connectivity index (χ3v) is 5.77. The molecule has 0 spiro atoms. The van der Waals surface area contributed by atoms with Crippen molar-refractivity contribution in [1.29, 1.82) is 0 Å². The summed E-state index contributed by atoms with van der Waals surface area (Å²) in [6.45, 7) is 6.18. The second-order valence-electron chi connectivity index (χ2n) is 8.44. The summed E-state index contributed by atoms with van der Waals surface area (Å²) in [7, 11) is 5.26. The molecule has 0 radical (unpaired) electrons.